The number of hydrogen-bond donors (Lipinski definition) is 0. The van der Waals surface area contributed by atoms with Gasteiger partial charge in [-0.15, -0.1) is 0 Å². The number of rotatable bonds is 16. The Labute approximate surface area is 158 Å². The molecule has 1 heteroatoms. The zero-order valence-corrected chi connectivity index (χ0v) is 17.4. The number of hydrogen-bond acceptors (Lipinski definition) is 1. The highest BCUT2D eigenvalue weighted by molar-refractivity contribution is 5.52. The first-order valence-electron chi connectivity index (χ1n) is 11.0. The van der Waals surface area contributed by atoms with Gasteiger partial charge in [0.25, 0.3) is 0 Å². The van der Waals surface area contributed by atoms with Crippen molar-refractivity contribution in [1.82, 2.24) is 0 Å². The van der Waals surface area contributed by atoms with E-state index >= 15 is 0 Å². The van der Waals surface area contributed by atoms with Crippen molar-refractivity contribution in [3.05, 3.63) is 29.8 Å². The topological polar surface area (TPSA) is 3.24 Å². The molecule has 0 bridgehead atoms. The van der Waals surface area contributed by atoms with Gasteiger partial charge in [0.15, 0.2) is 0 Å². The van der Waals surface area contributed by atoms with Crippen molar-refractivity contribution in [2.45, 2.75) is 103 Å². The first-order valence-corrected chi connectivity index (χ1v) is 11.0. The van der Waals surface area contributed by atoms with E-state index < -0.39 is 0 Å². The van der Waals surface area contributed by atoms with Crippen LogP contribution in [0.15, 0.2) is 24.3 Å². The number of unbranched alkanes of at least 4 members (excludes halogenated alkanes) is 13. The van der Waals surface area contributed by atoms with Gasteiger partial charge in [0, 0.05) is 19.8 Å². The summed E-state index contributed by atoms with van der Waals surface area (Å²) in [4.78, 5) is 2.24. The van der Waals surface area contributed by atoms with Crippen molar-refractivity contribution in [1.29, 1.82) is 0 Å². The van der Waals surface area contributed by atoms with Crippen LogP contribution < -0.4 is 4.90 Å². The number of para-hydroxylation sites is 1. The van der Waals surface area contributed by atoms with Crippen LogP contribution >= 0.6 is 0 Å². The van der Waals surface area contributed by atoms with Crippen molar-refractivity contribution >= 4 is 5.69 Å². The maximum Gasteiger partial charge on any atom is 0.0393 e. The molecule has 0 heterocycles. The van der Waals surface area contributed by atoms with Gasteiger partial charge in [0.1, 0.15) is 0 Å². The van der Waals surface area contributed by atoms with Gasteiger partial charge in [-0.25, -0.2) is 0 Å². The molecule has 0 N–H and O–H groups in total. The third-order valence-corrected chi connectivity index (χ3v) is 5.27. The molecule has 0 amide bonds. The minimum absolute atomic E-state index is 1.23. The minimum Gasteiger partial charge on any atom is -0.377 e. The summed E-state index contributed by atoms with van der Waals surface area (Å²) in [6.45, 7) is 2.29. The van der Waals surface area contributed by atoms with Crippen molar-refractivity contribution in [3.8, 4) is 0 Å². The Kier molecular flexibility index (Phi) is 13.5. The van der Waals surface area contributed by atoms with Crippen LogP contribution in [0.2, 0.25) is 0 Å². The lowest BCUT2D eigenvalue weighted by atomic mass is 10.0. The fourth-order valence-corrected chi connectivity index (χ4v) is 3.67. The summed E-state index contributed by atoms with van der Waals surface area (Å²) >= 11 is 0. The molecule has 1 aromatic carbocycles. The molecular weight excluding hydrogens is 302 g/mol. The first-order chi connectivity index (χ1) is 12.3. The molecule has 0 saturated heterocycles. The summed E-state index contributed by atoms with van der Waals surface area (Å²) in [5.41, 5.74) is 2.89. The molecule has 1 aromatic rings. The molecule has 0 unspecified atom stereocenters. The highest BCUT2D eigenvalue weighted by Crippen LogP contribution is 2.20. The van der Waals surface area contributed by atoms with Crippen molar-refractivity contribution in [3.63, 3.8) is 0 Å². The average molecular weight is 346 g/mol. The van der Waals surface area contributed by atoms with E-state index in [-0.39, 0.29) is 0 Å². The van der Waals surface area contributed by atoms with Gasteiger partial charge in [-0.05, 0) is 24.5 Å². The van der Waals surface area contributed by atoms with Crippen molar-refractivity contribution in [2.75, 3.05) is 19.0 Å². The summed E-state index contributed by atoms with van der Waals surface area (Å²) in [7, 11) is 4.29. The largest absolute Gasteiger partial charge is 0.377 e. The lowest BCUT2D eigenvalue weighted by molar-refractivity contribution is 0.535. The Morgan fingerprint density at radius 3 is 1.52 bits per heavy atom. The third-order valence-electron chi connectivity index (χ3n) is 5.27. The van der Waals surface area contributed by atoms with E-state index in [9.17, 15) is 0 Å². The highest BCUT2D eigenvalue weighted by atomic mass is 15.1. The van der Waals surface area contributed by atoms with Crippen LogP contribution in [0.5, 0.6) is 0 Å². The lowest BCUT2D eigenvalue weighted by Crippen LogP contribution is -2.11. The molecule has 1 nitrogen and oxygen atoms in total. The van der Waals surface area contributed by atoms with Crippen LogP contribution in [0.3, 0.4) is 0 Å². The van der Waals surface area contributed by atoms with Crippen molar-refractivity contribution in [2.24, 2.45) is 0 Å². The second-order valence-electron chi connectivity index (χ2n) is 7.87. The average Bonchev–Trinajstić information content (AvgIpc) is 2.62. The Hall–Kier alpha value is -0.980. The van der Waals surface area contributed by atoms with Crippen LogP contribution in [0.25, 0.3) is 0 Å². The quantitative estimate of drug-likeness (QED) is 0.276. The second kappa shape index (κ2) is 15.3. The van der Waals surface area contributed by atoms with Gasteiger partial charge < -0.3 is 4.90 Å². The SMILES string of the molecule is CCCCCCCCCCCCCCCCc1ccccc1N(C)C. The zero-order valence-electron chi connectivity index (χ0n) is 17.4. The summed E-state index contributed by atoms with van der Waals surface area (Å²) in [5.74, 6) is 0. The molecule has 1 rings (SSSR count). The molecule has 25 heavy (non-hydrogen) atoms. The summed E-state index contributed by atoms with van der Waals surface area (Å²) in [6.07, 6.45) is 21.3. The Morgan fingerprint density at radius 1 is 0.600 bits per heavy atom. The molecule has 0 saturated carbocycles. The molecule has 0 atom stereocenters. The Bertz CT molecular complexity index is 410. The molecule has 0 fully saturated rings. The van der Waals surface area contributed by atoms with E-state index in [2.05, 4.69) is 50.2 Å². The van der Waals surface area contributed by atoms with E-state index in [1.807, 2.05) is 0 Å². The lowest BCUT2D eigenvalue weighted by Gasteiger charge is -2.17. The third kappa shape index (κ3) is 11.3. The molecule has 144 valence electrons. The van der Waals surface area contributed by atoms with Gasteiger partial charge in [-0.1, -0.05) is 109 Å². The molecule has 0 aliphatic carbocycles. The van der Waals surface area contributed by atoms with E-state index in [4.69, 9.17) is 0 Å². The predicted octanol–water partition coefficient (Wildman–Crippen LogP) is 7.78. The summed E-state index contributed by atoms with van der Waals surface area (Å²) in [5, 5.41) is 0. The van der Waals surface area contributed by atoms with Crippen LogP contribution in [-0.4, -0.2) is 14.1 Å². The molecule has 0 aliphatic rings. The maximum atomic E-state index is 2.29. The van der Waals surface area contributed by atoms with E-state index in [0.29, 0.717) is 0 Å². The highest BCUT2D eigenvalue weighted by Gasteiger charge is 2.03. The number of nitrogens with zero attached hydrogens (tertiary/aromatic N) is 1. The number of anilines is 1. The number of benzene rings is 1. The summed E-state index contributed by atoms with van der Waals surface area (Å²) in [6, 6.07) is 8.84. The fourth-order valence-electron chi connectivity index (χ4n) is 3.67. The molecule has 0 spiro atoms. The van der Waals surface area contributed by atoms with Crippen LogP contribution in [-0.2, 0) is 6.42 Å². The maximum absolute atomic E-state index is 2.29. The predicted molar refractivity (Wildman–Crippen MR) is 115 cm³/mol. The fraction of sp³-hybridized carbons (Fsp3) is 0.750. The van der Waals surface area contributed by atoms with Gasteiger partial charge >= 0.3 is 0 Å². The first kappa shape index (κ1) is 22.1. The Morgan fingerprint density at radius 2 is 1.04 bits per heavy atom. The monoisotopic (exact) mass is 345 g/mol. The van der Waals surface area contributed by atoms with Crippen LogP contribution in [0.1, 0.15) is 102 Å². The van der Waals surface area contributed by atoms with E-state index in [1.54, 1.807) is 0 Å². The molecular formula is C24H43N. The van der Waals surface area contributed by atoms with E-state index in [1.165, 1.54) is 108 Å². The van der Waals surface area contributed by atoms with Gasteiger partial charge in [0.2, 0.25) is 0 Å². The molecule has 0 aliphatic heterocycles. The summed E-state index contributed by atoms with van der Waals surface area (Å²) < 4.78 is 0. The molecule has 0 radical (unpaired) electrons. The molecule has 0 aromatic heterocycles. The van der Waals surface area contributed by atoms with Crippen LogP contribution in [0, 0.1) is 0 Å². The van der Waals surface area contributed by atoms with Gasteiger partial charge in [0.05, 0.1) is 0 Å². The standard InChI is InChI=1S/C24H43N/c1-4-5-6-7-8-9-10-11-12-13-14-15-16-17-20-23-21-18-19-22-24(23)25(2)3/h18-19,21-22H,4-17,20H2,1-3H3. The van der Waals surface area contributed by atoms with Crippen LogP contribution in [0.4, 0.5) is 5.69 Å². The van der Waals surface area contributed by atoms with Crippen molar-refractivity contribution < 1.29 is 0 Å². The van der Waals surface area contributed by atoms with Gasteiger partial charge in [-0.2, -0.15) is 0 Å². The normalized spacial score (nSPS) is 11.0. The smallest absolute Gasteiger partial charge is 0.0393 e. The second-order valence-corrected chi connectivity index (χ2v) is 7.87. The van der Waals surface area contributed by atoms with E-state index in [0.717, 1.165) is 0 Å². The van der Waals surface area contributed by atoms with Gasteiger partial charge in [-0.3, -0.25) is 0 Å². The number of aryl methyl sites for hydroxylation is 1. The Balaban J connectivity index is 1.90. The zero-order chi connectivity index (χ0) is 18.2. The minimum atomic E-state index is 1.23.